The fourth-order valence-corrected chi connectivity index (χ4v) is 2.83. The van der Waals surface area contributed by atoms with Crippen LogP contribution < -0.4 is 5.43 Å². The molecule has 0 unspecified atom stereocenters. The lowest BCUT2D eigenvalue weighted by Gasteiger charge is -2.06. The Hall–Kier alpha value is -2.46. The fraction of sp³-hybridized carbons (Fsp3) is 0.100. The van der Waals surface area contributed by atoms with Gasteiger partial charge in [-0.15, -0.1) is 0 Å². The van der Waals surface area contributed by atoms with Gasteiger partial charge in [0.25, 0.3) is 0 Å². The van der Waals surface area contributed by atoms with Gasteiger partial charge in [-0.3, -0.25) is 4.79 Å². The average molecular weight is 381 g/mol. The second-order valence-electron chi connectivity index (χ2n) is 5.55. The fourth-order valence-electron chi connectivity index (χ4n) is 2.56. The van der Waals surface area contributed by atoms with Gasteiger partial charge in [0.05, 0.1) is 12.1 Å². The Bertz CT molecular complexity index is 896. The lowest BCUT2D eigenvalue weighted by molar-refractivity contribution is -0.120. The van der Waals surface area contributed by atoms with E-state index in [1.54, 1.807) is 0 Å². The molecule has 0 aliphatic heterocycles. The summed E-state index contributed by atoms with van der Waals surface area (Å²) < 4.78 is 1.01. The lowest BCUT2D eigenvalue weighted by atomic mass is 10.0. The first-order chi connectivity index (χ1) is 11.6. The zero-order chi connectivity index (χ0) is 16.9. The van der Waals surface area contributed by atoms with E-state index in [0.29, 0.717) is 6.42 Å². The molecule has 0 saturated heterocycles. The van der Waals surface area contributed by atoms with Crippen molar-refractivity contribution in [2.75, 3.05) is 0 Å². The summed E-state index contributed by atoms with van der Waals surface area (Å²) in [5, 5.41) is 6.44. The van der Waals surface area contributed by atoms with Gasteiger partial charge in [0, 0.05) is 4.47 Å². The summed E-state index contributed by atoms with van der Waals surface area (Å²) in [6.45, 7) is 1.88. The first-order valence-corrected chi connectivity index (χ1v) is 8.48. The number of hydrazone groups is 1. The number of carbonyl (C=O) groups excluding carboxylic acids is 1. The SMILES string of the molecule is C/C(=N/NC(=O)Cc1cccc2ccccc12)c1ccc(Br)cc1. The van der Waals surface area contributed by atoms with Crippen molar-refractivity contribution in [3.05, 3.63) is 82.3 Å². The van der Waals surface area contributed by atoms with Crippen LogP contribution in [-0.4, -0.2) is 11.6 Å². The van der Waals surface area contributed by atoms with Crippen molar-refractivity contribution in [2.45, 2.75) is 13.3 Å². The minimum absolute atomic E-state index is 0.122. The van der Waals surface area contributed by atoms with Crippen LogP contribution in [0, 0.1) is 0 Å². The molecule has 3 aromatic carbocycles. The minimum atomic E-state index is -0.122. The molecule has 0 atom stereocenters. The quantitative estimate of drug-likeness (QED) is 0.517. The van der Waals surface area contributed by atoms with Crippen molar-refractivity contribution in [1.82, 2.24) is 5.43 Å². The van der Waals surface area contributed by atoms with Crippen molar-refractivity contribution in [2.24, 2.45) is 5.10 Å². The summed E-state index contributed by atoms with van der Waals surface area (Å²) in [4.78, 5) is 12.2. The van der Waals surface area contributed by atoms with Crippen LogP contribution in [0.5, 0.6) is 0 Å². The molecule has 0 aliphatic rings. The lowest BCUT2D eigenvalue weighted by Crippen LogP contribution is -2.21. The second-order valence-corrected chi connectivity index (χ2v) is 6.47. The molecule has 0 saturated carbocycles. The number of halogens is 1. The van der Waals surface area contributed by atoms with Crippen LogP contribution in [0.25, 0.3) is 10.8 Å². The zero-order valence-electron chi connectivity index (χ0n) is 13.3. The molecule has 0 aliphatic carbocycles. The normalized spacial score (nSPS) is 11.5. The molecule has 0 spiro atoms. The number of fused-ring (bicyclic) bond motifs is 1. The van der Waals surface area contributed by atoms with Crippen LogP contribution in [0.4, 0.5) is 0 Å². The zero-order valence-corrected chi connectivity index (χ0v) is 14.9. The number of hydrogen-bond donors (Lipinski definition) is 1. The van der Waals surface area contributed by atoms with E-state index in [1.165, 1.54) is 0 Å². The highest BCUT2D eigenvalue weighted by Gasteiger charge is 2.06. The Morgan fingerprint density at radius 3 is 2.50 bits per heavy atom. The first kappa shape index (κ1) is 16.4. The standard InChI is InChI=1S/C20H17BrN2O/c1-14(15-9-11-18(21)12-10-15)22-23-20(24)13-17-7-4-6-16-5-2-3-8-19(16)17/h2-12H,13H2,1H3,(H,23,24)/b22-14-. The maximum atomic E-state index is 12.2. The Morgan fingerprint density at radius 2 is 1.71 bits per heavy atom. The van der Waals surface area contributed by atoms with E-state index in [9.17, 15) is 4.79 Å². The number of hydrogen-bond acceptors (Lipinski definition) is 2. The minimum Gasteiger partial charge on any atom is -0.273 e. The van der Waals surface area contributed by atoms with E-state index in [4.69, 9.17) is 0 Å². The van der Waals surface area contributed by atoms with Crippen molar-refractivity contribution in [1.29, 1.82) is 0 Å². The number of benzene rings is 3. The van der Waals surface area contributed by atoms with Gasteiger partial charge in [-0.2, -0.15) is 5.10 Å². The van der Waals surface area contributed by atoms with Gasteiger partial charge in [0.1, 0.15) is 0 Å². The topological polar surface area (TPSA) is 41.5 Å². The van der Waals surface area contributed by atoms with Crippen molar-refractivity contribution < 1.29 is 4.79 Å². The highest BCUT2D eigenvalue weighted by atomic mass is 79.9. The molecule has 0 bridgehead atoms. The molecule has 3 rings (SSSR count). The van der Waals surface area contributed by atoms with Gasteiger partial charge >= 0.3 is 0 Å². The summed E-state index contributed by atoms with van der Waals surface area (Å²) >= 11 is 3.40. The molecule has 0 radical (unpaired) electrons. The first-order valence-electron chi connectivity index (χ1n) is 7.69. The van der Waals surface area contributed by atoms with Crippen LogP contribution in [0.2, 0.25) is 0 Å². The summed E-state index contributed by atoms with van der Waals surface area (Å²) in [5.74, 6) is -0.122. The Balaban J connectivity index is 1.71. The van der Waals surface area contributed by atoms with Crippen LogP contribution in [-0.2, 0) is 11.2 Å². The van der Waals surface area contributed by atoms with E-state index in [-0.39, 0.29) is 5.91 Å². The Labute approximate surface area is 149 Å². The Morgan fingerprint density at radius 1 is 1.00 bits per heavy atom. The molecule has 0 fully saturated rings. The summed E-state index contributed by atoms with van der Waals surface area (Å²) in [7, 11) is 0. The van der Waals surface area contributed by atoms with Crippen LogP contribution >= 0.6 is 15.9 Å². The largest absolute Gasteiger partial charge is 0.273 e. The van der Waals surface area contributed by atoms with Gasteiger partial charge in [-0.25, -0.2) is 5.43 Å². The highest BCUT2D eigenvalue weighted by Crippen LogP contribution is 2.18. The predicted molar refractivity (Wildman–Crippen MR) is 102 cm³/mol. The van der Waals surface area contributed by atoms with Crippen molar-refractivity contribution >= 4 is 38.3 Å². The van der Waals surface area contributed by atoms with E-state index in [1.807, 2.05) is 73.7 Å². The third kappa shape index (κ3) is 3.89. The molecule has 3 nitrogen and oxygen atoms in total. The molecule has 0 heterocycles. The number of rotatable bonds is 4. The highest BCUT2D eigenvalue weighted by molar-refractivity contribution is 9.10. The van der Waals surface area contributed by atoms with Crippen LogP contribution in [0.1, 0.15) is 18.1 Å². The molecule has 4 heteroatoms. The number of carbonyl (C=O) groups is 1. The van der Waals surface area contributed by atoms with Gasteiger partial charge in [-0.05, 0) is 41.0 Å². The van der Waals surface area contributed by atoms with E-state index in [0.717, 1.165) is 32.1 Å². The molecule has 0 aromatic heterocycles. The molecule has 3 aromatic rings. The number of nitrogens with zero attached hydrogens (tertiary/aromatic N) is 1. The van der Waals surface area contributed by atoms with E-state index >= 15 is 0 Å². The van der Waals surface area contributed by atoms with Gasteiger partial charge in [0.2, 0.25) is 5.91 Å². The number of nitrogens with one attached hydrogen (secondary N) is 1. The van der Waals surface area contributed by atoms with Crippen LogP contribution in [0.15, 0.2) is 76.3 Å². The molecule has 1 N–H and O–H groups in total. The second kappa shape index (κ2) is 7.41. The Kier molecular flexibility index (Phi) is 5.06. The van der Waals surface area contributed by atoms with Crippen molar-refractivity contribution in [3.8, 4) is 0 Å². The van der Waals surface area contributed by atoms with Gasteiger partial charge in [-0.1, -0.05) is 70.5 Å². The van der Waals surface area contributed by atoms with Crippen LogP contribution in [0.3, 0.4) is 0 Å². The summed E-state index contributed by atoms with van der Waals surface area (Å²) in [6, 6.07) is 21.9. The predicted octanol–water partition coefficient (Wildman–Crippen LogP) is 4.69. The average Bonchev–Trinajstić information content (AvgIpc) is 2.61. The van der Waals surface area contributed by atoms with Gasteiger partial charge < -0.3 is 0 Å². The summed E-state index contributed by atoms with van der Waals surface area (Å²) in [5.41, 5.74) is 5.40. The smallest absolute Gasteiger partial charge is 0.244 e. The molecule has 120 valence electrons. The molecular weight excluding hydrogens is 364 g/mol. The van der Waals surface area contributed by atoms with Crippen molar-refractivity contribution in [3.63, 3.8) is 0 Å². The molecule has 1 amide bonds. The third-order valence-corrected chi connectivity index (χ3v) is 4.37. The number of amides is 1. The monoisotopic (exact) mass is 380 g/mol. The van der Waals surface area contributed by atoms with E-state index in [2.05, 4.69) is 26.5 Å². The third-order valence-electron chi connectivity index (χ3n) is 3.84. The molecular formula is C20H17BrN2O. The molecule has 24 heavy (non-hydrogen) atoms. The van der Waals surface area contributed by atoms with Gasteiger partial charge in [0.15, 0.2) is 0 Å². The summed E-state index contributed by atoms with van der Waals surface area (Å²) in [6.07, 6.45) is 0.304. The van der Waals surface area contributed by atoms with E-state index < -0.39 is 0 Å². The maximum Gasteiger partial charge on any atom is 0.244 e. The maximum absolute atomic E-state index is 12.2.